The first-order valence-electron chi connectivity index (χ1n) is 6.79. The molecule has 0 fully saturated rings. The van der Waals surface area contributed by atoms with E-state index in [4.69, 9.17) is 0 Å². The second-order valence-corrected chi connectivity index (χ2v) is 11.9. The van der Waals surface area contributed by atoms with Crippen molar-refractivity contribution in [1.29, 1.82) is 0 Å². The molecule has 0 aliphatic heterocycles. The van der Waals surface area contributed by atoms with Gasteiger partial charge in [-0.3, -0.25) is 0 Å². The van der Waals surface area contributed by atoms with Crippen molar-refractivity contribution in [2.75, 3.05) is 0 Å². The van der Waals surface area contributed by atoms with E-state index in [1.165, 1.54) is 5.56 Å². The monoisotopic (exact) mass is 256 g/mol. The average molecular weight is 256 g/mol. The Morgan fingerprint density at radius 3 is 2.11 bits per heavy atom. The van der Waals surface area contributed by atoms with Gasteiger partial charge in [-0.05, 0) is 12.0 Å². The van der Waals surface area contributed by atoms with E-state index in [0.29, 0.717) is 0 Å². The van der Waals surface area contributed by atoms with Gasteiger partial charge in [-0.15, -0.1) is 0 Å². The van der Waals surface area contributed by atoms with E-state index < -0.39 is 8.07 Å². The van der Waals surface area contributed by atoms with Crippen LogP contribution >= 0.6 is 0 Å². The molecule has 0 aromatic heterocycles. The molecule has 96 valence electrons. The Hall–Kier alpha value is -1.08. The molecule has 0 nitrogen and oxygen atoms in total. The van der Waals surface area contributed by atoms with Gasteiger partial charge in [0.05, 0.1) is 8.07 Å². The quantitative estimate of drug-likeness (QED) is 0.660. The lowest BCUT2D eigenvalue weighted by atomic mass is 9.77. The normalized spacial score (nSPS) is 16.5. The minimum Gasteiger partial charge on any atom is -0.0812 e. The van der Waals surface area contributed by atoms with Gasteiger partial charge in [0.2, 0.25) is 0 Å². The summed E-state index contributed by atoms with van der Waals surface area (Å²) in [6, 6.07) is 10.9. The van der Waals surface area contributed by atoms with Crippen molar-refractivity contribution in [2.45, 2.75) is 45.3 Å². The Kier molecular flexibility index (Phi) is 3.37. The molecule has 0 bridgehead atoms. The van der Waals surface area contributed by atoms with Gasteiger partial charge in [0.1, 0.15) is 0 Å². The topological polar surface area (TPSA) is 0 Å². The molecule has 0 unspecified atom stereocenters. The Balaban J connectivity index is 2.30. The summed E-state index contributed by atoms with van der Waals surface area (Å²) in [6.07, 6.45) is 6.05. The van der Waals surface area contributed by atoms with Crippen LogP contribution in [-0.2, 0) is 5.41 Å². The number of rotatable bonds is 3. The first-order valence-corrected chi connectivity index (χ1v) is 10.3. The highest BCUT2D eigenvalue weighted by atomic mass is 28.3. The van der Waals surface area contributed by atoms with Crippen molar-refractivity contribution in [3.63, 3.8) is 0 Å². The molecular formula is C17H24Si. The molecule has 1 aromatic carbocycles. The summed E-state index contributed by atoms with van der Waals surface area (Å²) in [7, 11) is -1.16. The summed E-state index contributed by atoms with van der Waals surface area (Å²) in [5.41, 5.74) is 3.13. The van der Waals surface area contributed by atoms with Crippen molar-refractivity contribution in [1.82, 2.24) is 0 Å². The number of allylic oxidation sites excluding steroid dienone is 4. The number of benzene rings is 1. The minimum absolute atomic E-state index is 0.152. The van der Waals surface area contributed by atoms with Gasteiger partial charge in [-0.2, -0.15) is 0 Å². The smallest absolute Gasteiger partial charge is 0.0771 e. The van der Waals surface area contributed by atoms with Gasteiger partial charge in [-0.25, -0.2) is 0 Å². The fraction of sp³-hybridized carbons (Fsp3) is 0.412. The molecule has 1 aromatic rings. The van der Waals surface area contributed by atoms with Crippen LogP contribution in [0.1, 0.15) is 25.8 Å². The highest BCUT2D eigenvalue weighted by molar-refractivity contribution is 6.83. The molecule has 0 amide bonds. The lowest BCUT2D eigenvalue weighted by molar-refractivity contribution is 0.613. The molecule has 1 aliphatic carbocycles. The summed E-state index contributed by atoms with van der Waals surface area (Å²) in [5, 5.41) is 1.61. The van der Waals surface area contributed by atoms with Gasteiger partial charge < -0.3 is 0 Å². The van der Waals surface area contributed by atoms with Crippen LogP contribution < -0.4 is 0 Å². The summed E-state index contributed by atoms with van der Waals surface area (Å²) in [5.74, 6) is 0. The molecule has 0 heterocycles. The zero-order chi connectivity index (χ0) is 13.4. The van der Waals surface area contributed by atoms with E-state index >= 15 is 0 Å². The predicted molar refractivity (Wildman–Crippen MR) is 83.6 cm³/mol. The van der Waals surface area contributed by atoms with Crippen LogP contribution in [0.15, 0.2) is 53.3 Å². The van der Waals surface area contributed by atoms with Gasteiger partial charge in [0, 0.05) is 5.41 Å². The van der Waals surface area contributed by atoms with Gasteiger partial charge in [-0.1, -0.05) is 86.7 Å². The zero-order valence-corrected chi connectivity index (χ0v) is 13.2. The van der Waals surface area contributed by atoms with Gasteiger partial charge >= 0.3 is 0 Å². The molecule has 0 saturated heterocycles. The fourth-order valence-corrected chi connectivity index (χ4v) is 3.85. The fourth-order valence-electron chi connectivity index (χ4n) is 2.52. The predicted octanol–water partition coefficient (Wildman–Crippen LogP) is 5.10. The molecule has 1 aliphatic rings. The summed E-state index contributed by atoms with van der Waals surface area (Å²) in [4.78, 5) is 0. The van der Waals surface area contributed by atoms with Crippen molar-refractivity contribution in [2.24, 2.45) is 0 Å². The van der Waals surface area contributed by atoms with E-state index in [1.807, 2.05) is 0 Å². The molecule has 0 atom stereocenters. The van der Waals surface area contributed by atoms with E-state index in [2.05, 4.69) is 76.0 Å². The maximum Gasteiger partial charge on any atom is 0.0771 e. The van der Waals surface area contributed by atoms with E-state index in [0.717, 1.165) is 6.42 Å². The van der Waals surface area contributed by atoms with Gasteiger partial charge in [0.25, 0.3) is 0 Å². The molecule has 18 heavy (non-hydrogen) atoms. The molecule has 1 heteroatoms. The molecule has 0 N–H and O–H groups in total. The van der Waals surface area contributed by atoms with E-state index in [-0.39, 0.29) is 5.41 Å². The van der Waals surface area contributed by atoms with Crippen molar-refractivity contribution in [3.8, 4) is 0 Å². The number of hydrogen-bond acceptors (Lipinski definition) is 0. The van der Waals surface area contributed by atoms with E-state index in [1.54, 1.807) is 10.8 Å². The number of hydrogen-bond donors (Lipinski definition) is 0. The summed E-state index contributed by atoms with van der Waals surface area (Å²) in [6.45, 7) is 12.0. The maximum absolute atomic E-state index is 2.47. The SMILES string of the molecule is CC(C)(C1=CC([Si](C)(C)C)=CC1)c1ccccc1. The highest BCUT2D eigenvalue weighted by Crippen LogP contribution is 2.38. The van der Waals surface area contributed by atoms with Crippen LogP contribution in [0.4, 0.5) is 0 Å². The maximum atomic E-state index is 2.47. The third-order valence-corrected chi connectivity index (χ3v) is 6.12. The first kappa shape index (κ1) is 13.4. The van der Waals surface area contributed by atoms with Crippen LogP contribution in [0.2, 0.25) is 19.6 Å². The molecule has 0 spiro atoms. The van der Waals surface area contributed by atoms with Crippen molar-refractivity contribution >= 4 is 8.07 Å². The Labute approximate surface area is 112 Å². The lowest BCUT2D eigenvalue weighted by Crippen LogP contribution is -2.23. The standard InChI is InChI=1S/C17H24Si/c1-17(2,14-9-7-6-8-10-14)15-11-12-16(13-15)18(3,4)5/h6-10,12-13H,11H2,1-5H3. The zero-order valence-electron chi connectivity index (χ0n) is 12.2. The van der Waals surface area contributed by atoms with Crippen LogP contribution in [0, 0.1) is 0 Å². The van der Waals surface area contributed by atoms with E-state index in [9.17, 15) is 0 Å². The largest absolute Gasteiger partial charge is 0.0812 e. The van der Waals surface area contributed by atoms with Crippen molar-refractivity contribution < 1.29 is 0 Å². The minimum atomic E-state index is -1.16. The summed E-state index contributed by atoms with van der Waals surface area (Å²) < 4.78 is 0. The Bertz CT molecular complexity index is 484. The second kappa shape index (κ2) is 4.54. The highest BCUT2D eigenvalue weighted by Gasteiger charge is 2.29. The third-order valence-electron chi connectivity index (χ3n) is 4.04. The van der Waals surface area contributed by atoms with Crippen LogP contribution in [-0.4, -0.2) is 8.07 Å². The molecule has 0 saturated carbocycles. The molecular weight excluding hydrogens is 232 g/mol. The second-order valence-electron chi connectivity index (χ2n) is 6.77. The Morgan fingerprint density at radius 2 is 1.61 bits per heavy atom. The third kappa shape index (κ3) is 2.51. The first-order chi connectivity index (χ1) is 8.32. The average Bonchev–Trinajstić information content (AvgIpc) is 2.79. The Morgan fingerprint density at radius 1 is 1.00 bits per heavy atom. The lowest BCUT2D eigenvalue weighted by Gasteiger charge is -2.27. The van der Waals surface area contributed by atoms with Crippen LogP contribution in [0.3, 0.4) is 0 Å². The van der Waals surface area contributed by atoms with Gasteiger partial charge in [0.15, 0.2) is 0 Å². The molecule has 0 radical (unpaired) electrons. The summed E-state index contributed by atoms with van der Waals surface area (Å²) >= 11 is 0. The van der Waals surface area contributed by atoms with Crippen LogP contribution in [0.25, 0.3) is 0 Å². The molecule has 2 rings (SSSR count). The van der Waals surface area contributed by atoms with Crippen LogP contribution in [0.5, 0.6) is 0 Å². The van der Waals surface area contributed by atoms with Crippen molar-refractivity contribution in [3.05, 3.63) is 58.8 Å².